The Kier molecular flexibility index (Phi) is 3.75. The maximum Gasteiger partial charge on any atom is 0.352 e. The lowest BCUT2D eigenvalue weighted by atomic mass is 9.96. The van der Waals surface area contributed by atoms with E-state index >= 15 is 0 Å². The van der Waals surface area contributed by atoms with Crippen LogP contribution in [0.2, 0.25) is 0 Å². The summed E-state index contributed by atoms with van der Waals surface area (Å²) in [7, 11) is 0. The number of rotatable bonds is 3. The molecule has 2 bridgehead atoms. The molecule has 4 rings (SSSR count). The Morgan fingerprint density at radius 1 is 1.33 bits per heavy atom. The predicted octanol–water partition coefficient (Wildman–Crippen LogP) is 2.50. The number of hydrogen-bond acceptors (Lipinski definition) is 4. The Labute approximate surface area is 139 Å². The van der Waals surface area contributed by atoms with E-state index in [1.165, 1.54) is 6.07 Å². The molecule has 0 amide bonds. The molecular formula is C18H20FN3O2. The molecule has 6 heteroatoms. The number of hydrogen-bond donors (Lipinski definition) is 0. The van der Waals surface area contributed by atoms with Gasteiger partial charge in [-0.05, 0) is 37.3 Å². The Morgan fingerprint density at radius 3 is 3.04 bits per heavy atom. The molecular weight excluding hydrogens is 309 g/mol. The fraction of sp³-hybridized carbons (Fsp3) is 0.444. The number of anilines is 1. The molecule has 0 spiro atoms. The van der Waals surface area contributed by atoms with Gasteiger partial charge in [0.05, 0.1) is 0 Å². The van der Waals surface area contributed by atoms with Gasteiger partial charge in [0.2, 0.25) is 5.88 Å². The second kappa shape index (κ2) is 5.92. The molecule has 1 atom stereocenters. The highest BCUT2D eigenvalue weighted by Gasteiger charge is 2.29. The summed E-state index contributed by atoms with van der Waals surface area (Å²) >= 11 is 0. The van der Waals surface area contributed by atoms with Crippen LogP contribution in [-0.2, 0) is 13.2 Å². The van der Waals surface area contributed by atoms with Gasteiger partial charge in [0.1, 0.15) is 18.2 Å². The molecule has 1 fully saturated rings. The maximum absolute atomic E-state index is 13.9. The third kappa shape index (κ3) is 2.77. The summed E-state index contributed by atoms with van der Waals surface area (Å²) in [6, 6.07) is 6.81. The molecule has 1 unspecified atom stereocenters. The van der Waals surface area contributed by atoms with E-state index in [9.17, 15) is 9.18 Å². The highest BCUT2D eigenvalue weighted by Crippen LogP contribution is 2.30. The molecule has 1 saturated heterocycles. The largest absolute Gasteiger partial charge is 0.472 e. The van der Waals surface area contributed by atoms with E-state index in [0.29, 0.717) is 11.5 Å². The zero-order valence-electron chi connectivity index (χ0n) is 13.7. The van der Waals surface area contributed by atoms with E-state index in [1.54, 1.807) is 16.7 Å². The van der Waals surface area contributed by atoms with Crippen LogP contribution in [0.25, 0.3) is 0 Å². The summed E-state index contributed by atoms with van der Waals surface area (Å²) < 4.78 is 21.2. The number of halogens is 1. The minimum Gasteiger partial charge on any atom is -0.472 e. The highest BCUT2D eigenvalue weighted by atomic mass is 19.1. The molecule has 0 aliphatic carbocycles. The van der Waals surface area contributed by atoms with Gasteiger partial charge in [-0.3, -0.25) is 4.57 Å². The molecule has 2 aromatic rings. The summed E-state index contributed by atoms with van der Waals surface area (Å²) in [4.78, 5) is 18.5. The van der Waals surface area contributed by atoms with Crippen molar-refractivity contribution in [3.63, 3.8) is 0 Å². The van der Waals surface area contributed by atoms with Crippen LogP contribution in [0.1, 0.15) is 24.0 Å². The summed E-state index contributed by atoms with van der Waals surface area (Å²) in [5, 5.41) is 0. The molecule has 0 radical (unpaired) electrons. The Morgan fingerprint density at radius 2 is 2.21 bits per heavy atom. The second-order valence-corrected chi connectivity index (χ2v) is 6.68. The monoisotopic (exact) mass is 329 g/mol. The van der Waals surface area contributed by atoms with Gasteiger partial charge in [0.25, 0.3) is 0 Å². The number of aryl methyl sites for hydroxylation is 1. The third-order valence-corrected chi connectivity index (χ3v) is 4.83. The van der Waals surface area contributed by atoms with Crippen molar-refractivity contribution < 1.29 is 9.13 Å². The zero-order valence-corrected chi connectivity index (χ0v) is 13.7. The fourth-order valence-electron chi connectivity index (χ4n) is 3.58. The number of aromatic nitrogens is 2. The Hall–Kier alpha value is -2.37. The van der Waals surface area contributed by atoms with Crippen molar-refractivity contribution in [1.82, 2.24) is 9.55 Å². The first-order valence-electron chi connectivity index (χ1n) is 8.35. The minimum atomic E-state index is -0.302. The molecule has 2 aliphatic heterocycles. The molecule has 0 saturated carbocycles. The molecule has 1 aromatic heterocycles. The van der Waals surface area contributed by atoms with E-state index < -0.39 is 0 Å². The van der Waals surface area contributed by atoms with Crippen LogP contribution in [0.5, 0.6) is 5.88 Å². The van der Waals surface area contributed by atoms with E-state index in [-0.39, 0.29) is 24.0 Å². The van der Waals surface area contributed by atoms with Gasteiger partial charge in [-0.25, -0.2) is 9.18 Å². The first-order chi connectivity index (χ1) is 11.6. The van der Waals surface area contributed by atoms with E-state index in [2.05, 4.69) is 9.88 Å². The lowest BCUT2D eigenvalue weighted by molar-refractivity contribution is 0.279. The fourth-order valence-corrected chi connectivity index (χ4v) is 3.58. The summed E-state index contributed by atoms with van der Waals surface area (Å²) in [5.74, 6) is 1.35. The van der Waals surface area contributed by atoms with Crippen molar-refractivity contribution in [3.8, 4) is 5.88 Å². The average molecular weight is 329 g/mol. The number of ether oxygens (including phenoxy) is 1. The van der Waals surface area contributed by atoms with Crippen molar-refractivity contribution in [2.45, 2.75) is 32.9 Å². The molecule has 24 heavy (non-hydrogen) atoms. The van der Waals surface area contributed by atoms with Crippen molar-refractivity contribution in [2.75, 3.05) is 18.0 Å². The molecule has 3 heterocycles. The van der Waals surface area contributed by atoms with Crippen LogP contribution in [0.15, 0.2) is 29.1 Å². The van der Waals surface area contributed by atoms with Crippen molar-refractivity contribution in [2.24, 2.45) is 5.92 Å². The third-order valence-electron chi connectivity index (χ3n) is 4.83. The van der Waals surface area contributed by atoms with Gasteiger partial charge >= 0.3 is 5.69 Å². The van der Waals surface area contributed by atoms with Crippen LogP contribution < -0.4 is 15.3 Å². The standard InChI is InChI=1S/C18H20FN3O2/c1-12-4-5-14(15(19)7-12)11-24-16-8-17-21-6-2-3-13(9-21)10-22(17)18(23)20-16/h4-5,7-8,13H,2-3,6,9-11H2,1H3. The predicted molar refractivity (Wildman–Crippen MR) is 88.9 cm³/mol. The van der Waals surface area contributed by atoms with Crippen LogP contribution in [-0.4, -0.2) is 22.6 Å². The average Bonchev–Trinajstić information content (AvgIpc) is 2.56. The number of benzene rings is 1. The highest BCUT2D eigenvalue weighted by molar-refractivity contribution is 5.44. The van der Waals surface area contributed by atoms with E-state index in [1.807, 2.05) is 13.0 Å². The summed E-state index contributed by atoms with van der Waals surface area (Å²) in [6.07, 6.45) is 2.30. The maximum atomic E-state index is 13.9. The molecule has 5 nitrogen and oxygen atoms in total. The van der Waals surface area contributed by atoms with Gasteiger partial charge in [-0.2, -0.15) is 4.98 Å². The number of nitrogens with zero attached hydrogens (tertiary/aromatic N) is 3. The molecule has 126 valence electrons. The summed E-state index contributed by atoms with van der Waals surface area (Å²) in [5.41, 5.74) is 1.03. The van der Waals surface area contributed by atoms with Crippen molar-refractivity contribution >= 4 is 5.82 Å². The van der Waals surface area contributed by atoms with Gasteiger partial charge in [0.15, 0.2) is 0 Å². The molecule has 2 aliphatic rings. The van der Waals surface area contributed by atoms with Gasteiger partial charge in [-0.15, -0.1) is 0 Å². The molecule has 0 N–H and O–H groups in total. The first kappa shape index (κ1) is 15.2. The van der Waals surface area contributed by atoms with Crippen molar-refractivity contribution in [1.29, 1.82) is 0 Å². The minimum absolute atomic E-state index is 0.0602. The van der Waals surface area contributed by atoms with Gasteiger partial charge in [-0.1, -0.05) is 12.1 Å². The number of piperidine rings is 1. The zero-order chi connectivity index (χ0) is 16.7. The topological polar surface area (TPSA) is 47.4 Å². The summed E-state index contributed by atoms with van der Waals surface area (Å²) in [6.45, 7) is 4.56. The number of fused-ring (bicyclic) bond motifs is 4. The van der Waals surface area contributed by atoms with E-state index in [4.69, 9.17) is 4.74 Å². The normalized spacial score (nSPS) is 19.1. The van der Waals surface area contributed by atoms with E-state index in [0.717, 1.165) is 43.9 Å². The lowest BCUT2D eigenvalue weighted by Gasteiger charge is -2.40. The van der Waals surface area contributed by atoms with Gasteiger partial charge in [0, 0.05) is 31.3 Å². The SMILES string of the molecule is Cc1ccc(COc2cc3n(c(=O)n2)CC2CCCN3C2)c(F)c1. The Balaban J connectivity index is 1.58. The van der Waals surface area contributed by atoms with Crippen LogP contribution in [0, 0.1) is 18.7 Å². The lowest BCUT2D eigenvalue weighted by Crippen LogP contribution is -2.46. The Bertz CT molecular complexity index is 833. The second-order valence-electron chi connectivity index (χ2n) is 6.68. The smallest absolute Gasteiger partial charge is 0.352 e. The van der Waals surface area contributed by atoms with Crippen LogP contribution in [0.3, 0.4) is 0 Å². The quantitative estimate of drug-likeness (QED) is 0.868. The van der Waals surface area contributed by atoms with Crippen molar-refractivity contribution in [3.05, 3.63) is 51.7 Å². The van der Waals surface area contributed by atoms with Crippen LogP contribution >= 0.6 is 0 Å². The molecule has 1 aromatic carbocycles. The first-order valence-corrected chi connectivity index (χ1v) is 8.35. The van der Waals surface area contributed by atoms with Gasteiger partial charge < -0.3 is 9.64 Å². The van der Waals surface area contributed by atoms with Crippen LogP contribution in [0.4, 0.5) is 10.2 Å².